The van der Waals surface area contributed by atoms with Crippen LogP contribution in [0.1, 0.15) is 57.1 Å². The lowest BCUT2D eigenvalue weighted by Crippen LogP contribution is -2.37. The summed E-state index contributed by atoms with van der Waals surface area (Å²) in [7, 11) is 2.21. The van der Waals surface area contributed by atoms with Gasteiger partial charge in [-0.3, -0.25) is 4.79 Å². The normalized spacial score (nSPS) is 18.4. The average molecular weight is 382 g/mol. The molecule has 4 heteroatoms. The van der Waals surface area contributed by atoms with Crippen molar-refractivity contribution in [2.24, 2.45) is 0 Å². The van der Waals surface area contributed by atoms with E-state index >= 15 is 0 Å². The third-order valence-electron chi connectivity index (χ3n) is 5.37. The second-order valence-electron chi connectivity index (χ2n) is 7.58. The minimum atomic E-state index is -0.196. The van der Waals surface area contributed by atoms with E-state index in [0.29, 0.717) is 18.2 Å². The quantitative estimate of drug-likeness (QED) is 0.454. The molecule has 1 aliphatic heterocycles. The minimum Gasteiger partial charge on any atom is -0.486 e. The van der Waals surface area contributed by atoms with Gasteiger partial charge in [-0.15, -0.1) is 0 Å². The van der Waals surface area contributed by atoms with Crippen molar-refractivity contribution in [1.29, 1.82) is 0 Å². The second-order valence-corrected chi connectivity index (χ2v) is 7.58. The Kier molecular flexibility index (Phi) is 7.49. The van der Waals surface area contributed by atoms with Gasteiger partial charge in [0.05, 0.1) is 0 Å². The number of carbonyl (C=O) groups excluding carboxylic acids is 1. The predicted octanol–water partition coefficient (Wildman–Crippen LogP) is 5.39. The van der Waals surface area contributed by atoms with Gasteiger partial charge >= 0.3 is 5.97 Å². The Hall–Kier alpha value is -2.33. The van der Waals surface area contributed by atoms with Crippen LogP contribution in [-0.2, 0) is 4.79 Å². The molecule has 1 heterocycles. The fourth-order valence-electron chi connectivity index (χ4n) is 3.75. The van der Waals surface area contributed by atoms with E-state index in [1.165, 1.54) is 24.8 Å². The maximum absolute atomic E-state index is 11.7. The number of hydrogen-bond acceptors (Lipinski definition) is 4. The summed E-state index contributed by atoms with van der Waals surface area (Å²) in [6.07, 6.45) is 5.97. The first kappa shape index (κ1) is 20.4. The summed E-state index contributed by atoms with van der Waals surface area (Å²) >= 11 is 0. The first-order chi connectivity index (χ1) is 13.7. The molecule has 4 nitrogen and oxygen atoms in total. The number of ether oxygens (including phenoxy) is 2. The van der Waals surface area contributed by atoms with Crippen LogP contribution in [0.2, 0.25) is 0 Å². The highest BCUT2D eigenvalue weighted by Crippen LogP contribution is 2.31. The van der Waals surface area contributed by atoms with Crippen molar-refractivity contribution in [3.8, 4) is 11.5 Å². The van der Waals surface area contributed by atoms with Crippen LogP contribution >= 0.6 is 0 Å². The van der Waals surface area contributed by atoms with Crippen molar-refractivity contribution in [2.75, 3.05) is 13.6 Å². The Balaban J connectivity index is 1.69. The highest BCUT2D eigenvalue weighted by molar-refractivity contribution is 5.72. The van der Waals surface area contributed by atoms with Gasteiger partial charge in [0.1, 0.15) is 17.6 Å². The van der Waals surface area contributed by atoms with Gasteiger partial charge in [0, 0.05) is 18.9 Å². The molecule has 150 valence electrons. The molecule has 0 spiro atoms. The number of benzene rings is 2. The summed E-state index contributed by atoms with van der Waals surface area (Å²) in [4.78, 5) is 14.1. The molecule has 2 unspecified atom stereocenters. The van der Waals surface area contributed by atoms with Crippen LogP contribution in [0.3, 0.4) is 0 Å². The monoisotopic (exact) mass is 381 g/mol. The molecule has 0 bridgehead atoms. The maximum Gasteiger partial charge on any atom is 0.311 e. The molecule has 2 aromatic carbocycles. The van der Waals surface area contributed by atoms with E-state index in [-0.39, 0.29) is 12.1 Å². The highest BCUT2D eigenvalue weighted by atomic mass is 16.5. The molecular formula is C24H31NO3. The average Bonchev–Trinajstić information content (AvgIpc) is 2.71. The van der Waals surface area contributed by atoms with Crippen LogP contribution in [0.15, 0.2) is 54.6 Å². The van der Waals surface area contributed by atoms with Gasteiger partial charge in [-0.25, -0.2) is 0 Å². The van der Waals surface area contributed by atoms with E-state index in [9.17, 15) is 4.79 Å². The molecule has 0 saturated carbocycles. The molecule has 0 radical (unpaired) electrons. The van der Waals surface area contributed by atoms with Gasteiger partial charge in [0.2, 0.25) is 0 Å². The van der Waals surface area contributed by atoms with Crippen LogP contribution < -0.4 is 9.47 Å². The number of nitrogens with zero attached hydrogens (tertiary/aromatic N) is 1. The first-order valence-corrected chi connectivity index (χ1v) is 10.4. The molecule has 1 aliphatic rings. The van der Waals surface area contributed by atoms with E-state index in [1.54, 1.807) is 12.1 Å². The molecule has 0 amide bonds. The molecule has 2 aromatic rings. The van der Waals surface area contributed by atoms with E-state index in [0.717, 1.165) is 25.1 Å². The smallest absolute Gasteiger partial charge is 0.311 e. The third-order valence-corrected chi connectivity index (χ3v) is 5.37. The molecule has 2 atom stereocenters. The van der Waals surface area contributed by atoms with Crippen molar-refractivity contribution in [1.82, 2.24) is 4.90 Å². The molecule has 0 aliphatic carbocycles. The van der Waals surface area contributed by atoms with Gasteiger partial charge in [0.15, 0.2) is 0 Å². The minimum absolute atomic E-state index is 0.000224. The van der Waals surface area contributed by atoms with Crippen LogP contribution in [0.5, 0.6) is 11.5 Å². The van der Waals surface area contributed by atoms with Gasteiger partial charge in [-0.2, -0.15) is 0 Å². The third kappa shape index (κ3) is 5.83. The zero-order valence-corrected chi connectivity index (χ0v) is 17.0. The zero-order valence-electron chi connectivity index (χ0n) is 17.0. The standard InChI is InChI=1S/C24H31NO3/c1-3-9-24(26)28-22-15-13-21(14-16-22)27-23(19-10-5-4-6-11-19)18-20-12-7-8-17-25(20)2/h4-6,10-11,13-16,20,23H,3,7-9,12,17-18H2,1-2H3. The van der Waals surface area contributed by atoms with E-state index in [1.807, 2.05) is 25.1 Å². The molecule has 28 heavy (non-hydrogen) atoms. The Morgan fingerprint density at radius 3 is 2.46 bits per heavy atom. The van der Waals surface area contributed by atoms with Crippen molar-refractivity contribution >= 4 is 5.97 Å². The van der Waals surface area contributed by atoms with Crippen molar-refractivity contribution in [2.45, 2.75) is 57.6 Å². The van der Waals surface area contributed by atoms with Crippen molar-refractivity contribution in [3.05, 3.63) is 60.2 Å². The van der Waals surface area contributed by atoms with E-state index in [2.05, 4.69) is 36.2 Å². The number of hydrogen-bond donors (Lipinski definition) is 0. The molecule has 1 fully saturated rings. The summed E-state index contributed by atoms with van der Waals surface area (Å²) < 4.78 is 11.7. The molecule has 0 N–H and O–H groups in total. The lowest BCUT2D eigenvalue weighted by atomic mass is 9.94. The molecule has 1 saturated heterocycles. The number of esters is 1. The largest absolute Gasteiger partial charge is 0.486 e. The fraction of sp³-hybridized carbons (Fsp3) is 0.458. The maximum atomic E-state index is 11.7. The van der Waals surface area contributed by atoms with E-state index < -0.39 is 0 Å². The fourth-order valence-corrected chi connectivity index (χ4v) is 3.75. The van der Waals surface area contributed by atoms with Crippen LogP contribution in [0.4, 0.5) is 0 Å². The predicted molar refractivity (Wildman–Crippen MR) is 112 cm³/mol. The topological polar surface area (TPSA) is 38.8 Å². The van der Waals surface area contributed by atoms with Crippen molar-refractivity contribution < 1.29 is 14.3 Å². The number of piperidine rings is 1. The summed E-state index contributed by atoms with van der Waals surface area (Å²) in [6.45, 7) is 3.12. The highest BCUT2D eigenvalue weighted by Gasteiger charge is 2.25. The molecule has 0 aromatic heterocycles. The van der Waals surface area contributed by atoms with Crippen molar-refractivity contribution in [3.63, 3.8) is 0 Å². The lowest BCUT2D eigenvalue weighted by molar-refractivity contribution is -0.134. The summed E-state index contributed by atoms with van der Waals surface area (Å²) in [6, 6.07) is 18.3. The Morgan fingerprint density at radius 1 is 1.07 bits per heavy atom. The first-order valence-electron chi connectivity index (χ1n) is 10.4. The SMILES string of the molecule is CCCC(=O)Oc1ccc(OC(CC2CCCCN2C)c2ccccc2)cc1. The summed E-state index contributed by atoms with van der Waals surface area (Å²) in [5, 5.41) is 0. The van der Waals surface area contributed by atoms with Gasteiger partial charge < -0.3 is 14.4 Å². The van der Waals surface area contributed by atoms with Gasteiger partial charge in [-0.1, -0.05) is 43.7 Å². The lowest BCUT2D eigenvalue weighted by Gasteiger charge is -2.35. The zero-order chi connectivity index (χ0) is 19.8. The summed E-state index contributed by atoms with van der Waals surface area (Å²) in [5.41, 5.74) is 1.19. The molecule has 3 rings (SSSR count). The number of carbonyl (C=O) groups is 1. The Labute approximate surface area is 168 Å². The van der Waals surface area contributed by atoms with Crippen LogP contribution in [-0.4, -0.2) is 30.5 Å². The van der Waals surface area contributed by atoms with Gasteiger partial charge in [-0.05, 0) is 62.7 Å². The van der Waals surface area contributed by atoms with Crippen LogP contribution in [0, 0.1) is 0 Å². The Morgan fingerprint density at radius 2 is 1.79 bits per heavy atom. The summed E-state index contributed by atoms with van der Waals surface area (Å²) in [5.74, 6) is 1.16. The number of rotatable bonds is 8. The Bertz CT molecular complexity index is 729. The van der Waals surface area contributed by atoms with Gasteiger partial charge in [0.25, 0.3) is 0 Å². The molecular weight excluding hydrogens is 350 g/mol. The second kappa shape index (κ2) is 10.3. The number of likely N-dealkylation sites (tertiary alicyclic amines) is 1. The van der Waals surface area contributed by atoms with Crippen LogP contribution in [0.25, 0.3) is 0 Å². The van der Waals surface area contributed by atoms with E-state index in [4.69, 9.17) is 9.47 Å².